The molecule has 0 amide bonds. The zero-order chi connectivity index (χ0) is 13.0. The van der Waals surface area contributed by atoms with Crippen LogP contribution in [0.5, 0.6) is 11.9 Å². The highest BCUT2D eigenvalue weighted by Gasteiger charge is 2.08. The molecule has 18 heavy (non-hydrogen) atoms. The maximum atomic E-state index is 5.02. The van der Waals surface area contributed by atoms with E-state index in [4.69, 9.17) is 9.47 Å². The van der Waals surface area contributed by atoms with Crippen molar-refractivity contribution in [3.63, 3.8) is 0 Å². The number of hydrogen-bond acceptors (Lipinski definition) is 7. The first-order valence-electron chi connectivity index (χ1n) is 5.25. The third-order valence-electron chi connectivity index (χ3n) is 2.22. The average molecular weight is 247 g/mol. The Morgan fingerprint density at radius 3 is 2.44 bits per heavy atom. The van der Waals surface area contributed by atoms with E-state index in [9.17, 15) is 0 Å². The number of nitrogens with zero attached hydrogens (tertiary/aromatic N) is 4. The molecule has 0 aliphatic rings. The number of anilines is 1. The normalized spacial score (nSPS) is 9.94. The zero-order valence-corrected chi connectivity index (χ0v) is 10.3. The quantitative estimate of drug-likeness (QED) is 0.862. The van der Waals surface area contributed by atoms with Crippen LogP contribution in [0.25, 0.3) is 11.4 Å². The van der Waals surface area contributed by atoms with Crippen LogP contribution in [0.2, 0.25) is 0 Å². The minimum Gasteiger partial charge on any atom is -0.481 e. The van der Waals surface area contributed by atoms with E-state index >= 15 is 0 Å². The molecule has 2 aromatic rings. The number of ether oxygens (including phenoxy) is 2. The maximum Gasteiger partial charge on any atom is 0.321 e. The van der Waals surface area contributed by atoms with E-state index in [1.54, 1.807) is 26.4 Å². The second kappa shape index (κ2) is 5.26. The number of aromatic nitrogens is 4. The summed E-state index contributed by atoms with van der Waals surface area (Å²) in [5, 5.41) is 2.85. The Balaban J connectivity index is 2.41. The number of nitrogens with one attached hydrogen (secondary N) is 1. The smallest absolute Gasteiger partial charge is 0.321 e. The second-order valence-corrected chi connectivity index (χ2v) is 3.31. The molecule has 1 N–H and O–H groups in total. The molecule has 0 aromatic carbocycles. The number of hydrogen-bond donors (Lipinski definition) is 1. The molecule has 0 aliphatic carbocycles. The Morgan fingerprint density at radius 1 is 1.06 bits per heavy atom. The van der Waals surface area contributed by atoms with E-state index in [2.05, 4.69) is 25.3 Å². The van der Waals surface area contributed by atoms with Crippen LogP contribution in [0.4, 0.5) is 5.95 Å². The average Bonchev–Trinajstić information content (AvgIpc) is 2.46. The van der Waals surface area contributed by atoms with Gasteiger partial charge in [0.05, 0.1) is 14.2 Å². The number of pyridine rings is 1. The Morgan fingerprint density at radius 2 is 1.89 bits per heavy atom. The monoisotopic (exact) mass is 247 g/mol. The molecule has 0 bridgehead atoms. The molecule has 94 valence electrons. The van der Waals surface area contributed by atoms with Crippen LogP contribution in [-0.2, 0) is 0 Å². The van der Waals surface area contributed by atoms with Crippen molar-refractivity contribution in [2.24, 2.45) is 0 Å². The van der Waals surface area contributed by atoms with Crippen LogP contribution in [0.15, 0.2) is 18.3 Å². The summed E-state index contributed by atoms with van der Waals surface area (Å²) in [7, 11) is 4.79. The second-order valence-electron chi connectivity index (χ2n) is 3.31. The van der Waals surface area contributed by atoms with Crippen molar-refractivity contribution >= 4 is 5.95 Å². The molecule has 7 heteroatoms. The topological polar surface area (TPSA) is 82.1 Å². The lowest BCUT2D eigenvalue weighted by molar-refractivity contribution is 0.379. The standard InChI is InChI=1S/C11H13N5O2/c1-12-10-14-9(15-11(16-10)18-3)7-4-5-8(17-2)13-6-7/h4-6H,1-3H3,(H,12,14,15,16). The molecule has 2 rings (SSSR count). The third-order valence-corrected chi connectivity index (χ3v) is 2.22. The van der Waals surface area contributed by atoms with Crippen LogP contribution in [0.1, 0.15) is 0 Å². The van der Waals surface area contributed by atoms with Gasteiger partial charge in [-0.15, -0.1) is 0 Å². The predicted molar refractivity (Wildman–Crippen MR) is 65.7 cm³/mol. The summed E-state index contributed by atoms with van der Waals surface area (Å²) in [6.07, 6.45) is 1.63. The van der Waals surface area contributed by atoms with Crippen LogP contribution < -0.4 is 14.8 Å². The van der Waals surface area contributed by atoms with Gasteiger partial charge in [0, 0.05) is 24.9 Å². The van der Waals surface area contributed by atoms with Gasteiger partial charge in [0.2, 0.25) is 11.8 Å². The largest absolute Gasteiger partial charge is 0.481 e. The Labute approximate surface area is 104 Å². The summed E-state index contributed by atoms with van der Waals surface area (Å²) in [6.45, 7) is 0. The molecule has 0 radical (unpaired) electrons. The van der Waals surface area contributed by atoms with Crippen molar-refractivity contribution in [1.29, 1.82) is 0 Å². The van der Waals surface area contributed by atoms with Crippen LogP contribution in [0.3, 0.4) is 0 Å². The fourth-order valence-corrected chi connectivity index (χ4v) is 1.32. The summed E-state index contributed by atoms with van der Waals surface area (Å²) >= 11 is 0. The van der Waals surface area contributed by atoms with Gasteiger partial charge < -0.3 is 14.8 Å². The minimum atomic E-state index is 0.250. The number of methoxy groups -OCH3 is 2. The molecular formula is C11H13N5O2. The molecule has 0 aliphatic heterocycles. The SMILES string of the molecule is CNc1nc(OC)nc(-c2ccc(OC)nc2)n1. The molecule has 2 aromatic heterocycles. The molecule has 0 spiro atoms. The fourth-order valence-electron chi connectivity index (χ4n) is 1.32. The van der Waals surface area contributed by atoms with E-state index in [1.165, 1.54) is 7.11 Å². The van der Waals surface area contributed by atoms with Gasteiger partial charge in [-0.3, -0.25) is 0 Å². The fraction of sp³-hybridized carbons (Fsp3) is 0.273. The van der Waals surface area contributed by atoms with Crippen molar-refractivity contribution in [1.82, 2.24) is 19.9 Å². The first kappa shape index (κ1) is 12.0. The molecule has 0 atom stereocenters. The van der Waals surface area contributed by atoms with E-state index < -0.39 is 0 Å². The van der Waals surface area contributed by atoms with E-state index in [0.717, 1.165) is 5.56 Å². The minimum absolute atomic E-state index is 0.250. The predicted octanol–water partition coefficient (Wildman–Crippen LogP) is 0.992. The van der Waals surface area contributed by atoms with Crippen molar-refractivity contribution in [3.05, 3.63) is 18.3 Å². The van der Waals surface area contributed by atoms with Crippen molar-refractivity contribution in [2.75, 3.05) is 26.6 Å². The summed E-state index contributed by atoms with van der Waals surface area (Å²) in [5.74, 6) is 1.46. The molecular weight excluding hydrogens is 234 g/mol. The number of rotatable bonds is 4. The van der Waals surface area contributed by atoms with Gasteiger partial charge >= 0.3 is 6.01 Å². The van der Waals surface area contributed by atoms with Crippen molar-refractivity contribution < 1.29 is 9.47 Å². The van der Waals surface area contributed by atoms with Gasteiger partial charge in [-0.25, -0.2) is 4.98 Å². The van der Waals surface area contributed by atoms with Gasteiger partial charge in [0.25, 0.3) is 0 Å². The summed E-state index contributed by atoms with van der Waals surface area (Å²) in [5.41, 5.74) is 0.757. The van der Waals surface area contributed by atoms with Crippen LogP contribution in [0, 0.1) is 0 Å². The summed E-state index contributed by atoms with van der Waals surface area (Å²) in [4.78, 5) is 16.5. The van der Waals surface area contributed by atoms with Gasteiger partial charge in [-0.05, 0) is 6.07 Å². The lowest BCUT2D eigenvalue weighted by Crippen LogP contribution is -2.03. The molecule has 0 unspecified atom stereocenters. The molecule has 0 fully saturated rings. The molecule has 0 saturated carbocycles. The van der Waals surface area contributed by atoms with Gasteiger partial charge in [-0.1, -0.05) is 0 Å². The van der Waals surface area contributed by atoms with Gasteiger partial charge in [0.1, 0.15) is 0 Å². The lowest BCUT2D eigenvalue weighted by atomic mass is 10.3. The molecule has 2 heterocycles. The Hall–Kier alpha value is -2.44. The highest BCUT2D eigenvalue weighted by atomic mass is 16.5. The Bertz CT molecular complexity index is 507. The summed E-state index contributed by atoms with van der Waals surface area (Å²) < 4.78 is 10.0. The Kier molecular flexibility index (Phi) is 3.52. The highest BCUT2D eigenvalue weighted by molar-refractivity contribution is 5.55. The zero-order valence-electron chi connectivity index (χ0n) is 10.3. The van der Waals surface area contributed by atoms with Crippen molar-refractivity contribution in [2.45, 2.75) is 0 Å². The first-order valence-corrected chi connectivity index (χ1v) is 5.25. The van der Waals surface area contributed by atoms with E-state index in [-0.39, 0.29) is 6.01 Å². The molecule has 7 nitrogen and oxygen atoms in total. The lowest BCUT2D eigenvalue weighted by Gasteiger charge is -2.05. The van der Waals surface area contributed by atoms with Gasteiger partial charge in [0.15, 0.2) is 5.82 Å². The van der Waals surface area contributed by atoms with Crippen LogP contribution in [-0.4, -0.2) is 41.2 Å². The highest BCUT2D eigenvalue weighted by Crippen LogP contribution is 2.19. The first-order chi connectivity index (χ1) is 8.76. The van der Waals surface area contributed by atoms with Crippen LogP contribution >= 0.6 is 0 Å². The third kappa shape index (κ3) is 2.45. The maximum absolute atomic E-state index is 5.02. The summed E-state index contributed by atoms with van der Waals surface area (Å²) in [6, 6.07) is 3.81. The van der Waals surface area contributed by atoms with E-state index in [1.807, 2.05) is 6.07 Å². The van der Waals surface area contributed by atoms with Crippen molar-refractivity contribution in [3.8, 4) is 23.3 Å². The molecule has 0 saturated heterocycles. The van der Waals surface area contributed by atoms with Gasteiger partial charge in [-0.2, -0.15) is 15.0 Å². The van der Waals surface area contributed by atoms with E-state index in [0.29, 0.717) is 17.7 Å².